The fourth-order valence-corrected chi connectivity index (χ4v) is 4.36. The molecular weight excluding hydrogens is 402 g/mol. The van der Waals surface area contributed by atoms with Crippen molar-refractivity contribution in [2.45, 2.75) is 25.7 Å². The standard InChI is InChI=1S/C25H25N5O2/c31-24(20-6-1-8-22(18-20)32-25-27-11-4-12-28-25)29-14-3-5-19(10-15-29)17-21-7-2-9-23-26-13-16-30(21)23/h1-2,4,6-9,11-13,16,18-19H,3,5,10,14-15,17H2/t19-/m1/s1. The molecule has 7 heteroatoms. The quantitative estimate of drug-likeness (QED) is 0.472. The highest BCUT2D eigenvalue weighted by atomic mass is 16.5. The van der Waals surface area contributed by atoms with Crippen LogP contribution in [0.1, 0.15) is 35.3 Å². The zero-order chi connectivity index (χ0) is 21.8. The van der Waals surface area contributed by atoms with E-state index in [-0.39, 0.29) is 11.9 Å². The van der Waals surface area contributed by atoms with Gasteiger partial charge in [-0.25, -0.2) is 15.0 Å². The summed E-state index contributed by atoms with van der Waals surface area (Å²) in [5, 5.41) is 0. The summed E-state index contributed by atoms with van der Waals surface area (Å²) in [4.78, 5) is 27.7. The number of benzene rings is 1. The number of carbonyl (C=O) groups excluding carboxylic acids is 1. The number of hydrogen-bond acceptors (Lipinski definition) is 5. The van der Waals surface area contributed by atoms with Crippen LogP contribution in [0.15, 0.2) is 73.3 Å². The Bertz CT molecular complexity index is 1210. The Kier molecular flexibility index (Phi) is 5.79. The first-order valence-corrected chi connectivity index (χ1v) is 11.0. The summed E-state index contributed by atoms with van der Waals surface area (Å²) in [5.74, 6) is 1.15. The monoisotopic (exact) mass is 427 g/mol. The highest BCUT2D eigenvalue weighted by Crippen LogP contribution is 2.25. The van der Waals surface area contributed by atoms with E-state index in [2.05, 4.69) is 31.5 Å². The van der Waals surface area contributed by atoms with Crippen molar-refractivity contribution in [1.29, 1.82) is 0 Å². The molecule has 32 heavy (non-hydrogen) atoms. The van der Waals surface area contributed by atoms with Crippen molar-refractivity contribution >= 4 is 11.6 Å². The predicted molar refractivity (Wildman–Crippen MR) is 121 cm³/mol. The normalized spacial score (nSPS) is 16.6. The summed E-state index contributed by atoms with van der Waals surface area (Å²) < 4.78 is 7.86. The topological polar surface area (TPSA) is 72.6 Å². The van der Waals surface area contributed by atoms with Crippen molar-refractivity contribution in [2.24, 2.45) is 5.92 Å². The molecule has 162 valence electrons. The van der Waals surface area contributed by atoms with Gasteiger partial charge in [0.15, 0.2) is 0 Å². The van der Waals surface area contributed by atoms with Crippen LogP contribution in [0, 0.1) is 5.92 Å². The van der Waals surface area contributed by atoms with Crippen LogP contribution in [0.3, 0.4) is 0 Å². The SMILES string of the molecule is O=C(c1cccc(Oc2ncccn2)c1)N1CCC[C@@H](Cc2cccc3nccn23)CC1. The van der Waals surface area contributed by atoms with E-state index in [0.717, 1.165) is 44.4 Å². The summed E-state index contributed by atoms with van der Waals surface area (Å²) in [6.07, 6.45) is 11.2. The van der Waals surface area contributed by atoms with Gasteiger partial charge in [0, 0.05) is 49.1 Å². The molecule has 0 unspecified atom stereocenters. The molecule has 1 aliphatic rings. The molecule has 0 spiro atoms. The van der Waals surface area contributed by atoms with E-state index >= 15 is 0 Å². The third kappa shape index (κ3) is 4.46. The molecular formula is C25H25N5O2. The Morgan fingerprint density at radius 2 is 1.84 bits per heavy atom. The lowest BCUT2D eigenvalue weighted by Gasteiger charge is -2.21. The number of likely N-dealkylation sites (tertiary alicyclic amines) is 1. The lowest BCUT2D eigenvalue weighted by Crippen LogP contribution is -2.32. The predicted octanol–water partition coefficient (Wildman–Crippen LogP) is 4.40. The fourth-order valence-electron chi connectivity index (χ4n) is 4.36. The van der Waals surface area contributed by atoms with Crippen LogP contribution in [0.2, 0.25) is 0 Å². The molecule has 1 aromatic carbocycles. The van der Waals surface area contributed by atoms with Crippen LogP contribution in [0.4, 0.5) is 0 Å². The van der Waals surface area contributed by atoms with Crippen LogP contribution < -0.4 is 4.74 Å². The number of pyridine rings is 1. The van der Waals surface area contributed by atoms with E-state index in [1.807, 2.05) is 41.6 Å². The van der Waals surface area contributed by atoms with Gasteiger partial charge in [0.2, 0.25) is 0 Å². The van der Waals surface area contributed by atoms with Gasteiger partial charge >= 0.3 is 6.01 Å². The van der Waals surface area contributed by atoms with Gasteiger partial charge in [0.1, 0.15) is 11.4 Å². The largest absolute Gasteiger partial charge is 0.424 e. The average Bonchev–Trinajstić information content (AvgIpc) is 3.20. The Hall–Kier alpha value is -3.74. The van der Waals surface area contributed by atoms with Crippen molar-refractivity contribution in [1.82, 2.24) is 24.3 Å². The minimum absolute atomic E-state index is 0.0433. The van der Waals surface area contributed by atoms with Gasteiger partial charge in [-0.2, -0.15) is 0 Å². The first-order valence-electron chi connectivity index (χ1n) is 11.0. The van der Waals surface area contributed by atoms with E-state index in [1.165, 1.54) is 5.69 Å². The number of aromatic nitrogens is 4. The fraction of sp³-hybridized carbons (Fsp3) is 0.280. The number of nitrogens with zero attached hydrogens (tertiary/aromatic N) is 5. The molecule has 0 radical (unpaired) electrons. The lowest BCUT2D eigenvalue weighted by molar-refractivity contribution is 0.0759. The van der Waals surface area contributed by atoms with E-state index in [4.69, 9.17) is 4.74 Å². The van der Waals surface area contributed by atoms with Crippen molar-refractivity contribution in [3.05, 3.63) is 84.6 Å². The molecule has 0 N–H and O–H groups in total. The molecule has 1 atom stereocenters. The van der Waals surface area contributed by atoms with Gasteiger partial charge in [-0.1, -0.05) is 12.1 Å². The third-order valence-corrected chi connectivity index (χ3v) is 5.98. The second-order valence-corrected chi connectivity index (χ2v) is 8.13. The summed E-state index contributed by atoms with van der Waals surface area (Å²) >= 11 is 0. The summed E-state index contributed by atoms with van der Waals surface area (Å²) in [6, 6.07) is 15.5. The van der Waals surface area contributed by atoms with E-state index in [0.29, 0.717) is 17.2 Å². The number of amides is 1. The molecule has 0 bridgehead atoms. The van der Waals surface area contributed by atoms with Gasteiger partial charge in [0.25, 0.3) is 5.91 Å². The average molecular weight is 428 g/mol. The maximum absolute atomic E-state index is 13.2. The lowest BCUT2D eigenvalue weighted by atomic mass is 9.95. The molecule has 0 saturated carbocycles. The molecule has 5 rings (SSSR count). The van der Waals surface area contributed by atoms with Crippen molar-refractivity contribution in [2.75, 3.05) is 13.1 Å². The smallest absolute Gasteiger partial charge is 0.321 e. The van der Waals surface area contributed by atoms with Crippen molar-refractivity contribution in [3.63, 3.8) is 0 Å². The summed E-state index contributed by atoms with van der Waals surface area (Å²) in [7, 11) is 0. The second kappa shape index (κ2) is 9.18. The number of carbonyl (C=O) groups is 1. The summed E-state index contributed by atoms with van der Waals surface area (Å²) in [5.41, 5.74) is 2.88. The highest BCUT2D eigenvalue weighted by molar-refractivity contribution is 5.94. The van der Waals surface area contributed by atoms with Crippen LogP contribution in [0.5, 0.6) is 11.8 Å². The van der Waals surface area contributed by atoms with Gasteiger partial charge in [0.05, 0.1) is 0 Å². The van der Waals surface area contributed by atoms with Crippen molar-refractivity contribution in [3.8, 4) is 11.8 Å². The maximum atomic E-state index is 13.2. The number of imidazole rings is 1. The maximum Gasteiger partial charge on any atom is 0.321 e. The number of hydrogen-bond donors (Lipinski definition) is 0. The Balaban J connectivity index is 1.24. The van der Waals surface area contributed by atoms with Gasteiger partial charge in [-0.3, -0.25) is 4.79 Å². The minimum Gasteiger partial charge on any atom is -0.424 e. The Labute approximate surface area is 186 Å². The molecule has 4 heterocycles. The highest BCUT2D eigenvalue weighted by Gasteiger charge is 2.22. The molecule has 1 fully saturated rings. The zero-order valence-corrected chi connectivity index (χ0v) is 17.8. The van der Waals surface area contributed by atoms with Crippen LogP contribution in [-0.4, -0.2) is 43.2 Å². The molecule has 0 aliphatic carbocycles. The van der Waals surface area contributed by atoms with Crippen LogP contribution >= 0.6 is 0 Å². The van der Waals surface area contributed by atoms with E-state index < -0.39 is 0 Å². The molecule has 1 amide bonds. The summed E-state index contributed by atoms with van der Waals surface area (Å²) in [6.45, 7) is 1.54. The molecule has 1 saturated heterocycles. The zero-order valence-electron chi connectivity index (χ0n) is 17.8. The first-order chi connectivity index (χ1) is 15.8. The molecule has 7 nitrogen and oxygen atoms in total. The van der Waals surface area contributed by atoms with E-state index in [9.17, 15) is 4.79 Å². The van der Waals surface area contributed by atoms with Crippen LogP contribution in [0.25, 0.3) is 5.65 Å². The Morgan fingerprint density at radius 1 is 0.969 bits per heavy atom. The second-order valence-electron chi connectivity index (χ2n) is 8.13. The van der Waals surface area contributed by atoms with Gasteiger partial charge < -0.3 is 14.0 Å². The van der Waals surface area contributed by atoms with Crippen LogP contribution in [-0.2, 0) is 6.42 Å². The Morgan fingerprint density at radius 3 is 2.75 bits per heavy atom. The van der Waals surface area contributed by atoms with Crippen molar-refractivity contribution < 1.29 is 9.53 Å². The minimum atomic E-state index is 0.0433. The number of fused-ring (bicyclic) bond motifs is 1. The number of ether oxygens (including phenoxy) is 1. The van der Waals surface area contributed by atoms with E-state index in [1.54, 1.807) is 24.5 Å². The number of rotatable bonds is 5. The first kappa shape index (κ1) is 20.2. The molecule has 4 aromatic rings. The van der Waals surface area contributed by atoms with Gasteiger partial charge in [-0.05, 0) is 68.0 Å². The molecule has 3 aromatic heterocycles. The van der Waals surface area contributed by atoms with Gasteiger partial charge in [-0.15, -0.1) is 0 Å². The third-order valence-electron chi connectivity index (χ3n) is 5.98. The molecule has 1 aliphatic heterocycles.